The Morgan fingerprint density at radius 1 is 1.22 bits per heavy atom. The summed E-state index contributed by atoms with van der Waals surface area (Å²) >= 11 is 6.25. The van der Waals surface area contributed by atoms with Gasteiger partial charge in [-0.1, -0.05) is 18.5 Å². The van der Waals surface area contributed by atoms with Crippen LogP contribution in [0.15, 0.2) is 18.2 Å². The summed E-state index contributed by atoms with van der Waals surface area (Å²) in [5.41, 5.74) is 2.09. The Hall–Kier alpha value is -3.10. The molecule has 2 fully saturated rings. The Morgan fingerprint density at radius 2 is 1.97 bits per heavy atom. The summed E-state index contributed by atoms with van der Waals surface area (Å²) in [5, 5.41) is 9.93. The number of nitrogens with one attached hydrogen (secondary N) is 2. The molecule has 11 nitrogen and oxygen atoms in total. The number of aromatic amines is 1. The van der Waals surface area contributed by atoms with E-state index in [2.05, 4.69) is 20.4 Å². The molecule has 3 N–H and O–H groups in total. The van der Waals surface area contributed by atoms with Crippen molar-refractivity contribution in [2.24, 2.45) is 0 Å². The van der Waals surface area contributed by atoms with Crippen molar-refractivity contribution in [3.05, 3.63) is 46.0 Å². The van der Waals surface area contributed by atoms with Gasteiger partial charge in [0.1, 0.15) is 41.6 Å². The molecule has 1 unspecified atom stereocenters. The van der Waals surface area contributed by atoms with Gasteiger partial charge in [-0.05, 0) is 24.6 Å². The van der Waals surface area contributed by atoms with Gasteiger partial charge in [0.2, 0.25) is 5.88 Å². The van der Waals surface area contributed by atoms with Crippen molar-refractivity contribution in [1.29, 1.82) is 0 Å². The topological polar surface area (TPSA) is 137 Å². The number of aliphatic hydroxyl groups is 1. The third-order valence-corrected chi connectivity index (χ3v) is 6.12. The maximum Gasteiger partial charge on any atom is 0.296 e. The van der Waals surface area contributed by atoms with Gasteiger partial charge >= 0.3 is 0 Å². The summed E-state index contributed by atoms with van der Waals surface area (Å²) in [5.74, 6) is -2.85. The molecule has 2 aliphatic heterocycles. The van der Waals surface area contributed by atoms with Crippen LogP contribution in [0.3, 0.4) is 0 Å². The zero-order valence-electron chi connectivity index (χ0n) is 19.5. The number of aromatic nitrogens is 3. The van der Waals surface area contributed by atoms with Gasteiger partial charge in [0, 0.05) is 5.56 Å². The van der Waals surface area contributed by atoms with Crippen molar-refractivity contribution in [3.63, 3.8) is 0 Å². The molecule has 3 aromatic rings. The third kappa shape index (κ3) is 5.31. The number of ether oxygens (including phenoxy) is 4. The molecule has 0 aliphatic carbocycles. The number of pyridine rings is 1. The van der Waals surface area contributed by atoms with Crippen molar-refractivity contribution >= 4 is 28.7 Å². The summed E-state index contributed by atoms with van der Waals surface area (Å²) in [6.45, 7) is 1.95. The van der Waals surface area contributed by atoms with Gasteiger partial charge in [-0.15, -0.1) is 0 Å². The molecular formula is C23H23ClF2N4O7. The fourth-order valence-electron chi connectivity index (χ4n) is 4.01. The number of nitrogens with zero attached hydrogens (tertiary/aromatic N) is 2. The van der Waals surface area contributed by atoms with E-state index in [-0.39, 0.29) is 47.9 Å². The third-order valence-electron chi connectivity index (χ3n) is 5.85. The number of imidazole rings is 1. The lowest BCUT2D eigenvalue weighted by Crippen LogP contribution is -2.34. The van der Waals surface area contributed by atoms with E-state index in [0.29, 0.717) is 11.9 Å². The van der Waals surface area contributed by atoms with Crippen molar-refractivity contribution in [3.8, 4) is 11.9 Å². The van der Waals surface area contributed by atoms with Gasteiger partial charge < -0.3 is 29.0 Å². The first kappa shape index (κ1) is 25.5. The molecule has 2 aliphatic rings. The number of benzene rings is 1. The summed E-state index contributed by atoms with van der Waals surface area (Å²) in [4.78, 5) is 28.3. The highest BCUT2D eigenvalue weighted by atomic mass is 35.5. The molecule has 0 bridgehead atoms. The first-order valence-corrected chi connectivity index (χ1v) is 11.9. The molecule has 0 spiro atoms. The second kappa shape index (κ2) is 10.7. The van der Waals surface area contributed by atoms with Crippen LogP contribution in [0.5, 0.6) is 11.9 Å². The first-order chi connectivity index (χ1) is 17.8. The van der Waals surface area contributed by atoms with E-state index in [1.54, 1.807) is 0 Å². The number of H-pyrrole nitrogens is 1. The number of carbonyl (C=O) groups excluding carboxylic acids is 1. The summed E-state index contributed by atoms with van der Waals surface area (Å²) in [6, 6.07) is 3.38. The van der Waals surface area contributed by atoms with Crippen molar-refractivity contribution in [2.45, 2.75) is 44.4 Å². The number of halogens is 3. The molecule has 0 saturated carbocycles. The summed E-state index contributed by atoms with van der Waals surface area (Å²) in [6.07, 6.45) is -1.42. The molecule has 0 radical (unpaired) electrons. The quantitative estimate of drug-likeness (QED) is 0.276. The number of hydrogen-bond acceptors (Lipinski definition) is 9. The van der Waals surface area contributed by atoms with Crippen LogP contribution in [0.1, 0.15) is 29.3 Å². The fraction of sp³-hybridized carbons (Fsp3) is 0.435. The number of amides is 1. The molecule has 4 heterocycles. The molecule has 4 atom stereocenters. The Balaban J connectivity index is 1.26. The number of hydrogen-bond donors (Lipinski definition) is 3. The van der Waals surface area contributed by atoms with Crippen LogP contribution < -0.4 is 15.0 Å². The minimum atomic E-state index is -0.982. The predicted octanol–water partition coefficient (Wildman–Crippen LogP) is 2.45. The van der Waals surface area contributed by atoms with E-state index >= 15 is 0 Å². The average Bonchev–Trinajstić information content (AvgIpc) is 3.55. The maximum atomic E-state index is 14.6. The lowest BCUT2D eigenvalue weighted by atomic mass is 10.1. The molecule has 1 amide bonds. The highest BCUT2D eigenvalue weighted by Gasteiger charge is 2.48. The molecule has 2 saturated heterocycles. The normalized spacial score (nSPS) is 22.8. The zero-order valence-corrected chi connectivity index (χ0v) is 20.3. The predicted molar refractivity (Wildman–Crippen MR) is 123 cm³/mol. The maximum absolute atomic E-state index is 14.6. The van der Waals surface area contributed by atoms with E-state index in [1.807, 2.05) is 6.92 Å². The molecule has 1 aromatic carbocycles. The lowest BCUT2D eigenvalue weighted by molar-refractivity contribution is 0.00706. The second-order valence-corrected chi connectivity index (χ2v) is 8.90. The van der Waals surface area contributed by atoms with Crippen LogP contribution in [-0.2, 0) is 20.9 Å². The largest absolute Gasteiger partial charge is 0.471 e. The van der Waals surface area contributed by atoms with Crippen LogP contribution in [0.2, 0.25) is 5.02 Å². The van der Waals surface area contributed by atoms with E-state index < -0.39 is 54.1 Å². The number of aliphatic hydroxyl groups excluding tert-OH is 1. The first-order valence-electron chi connectivity index (χ1n) is 11.5. The molecule has 14 heteroatoms. The highest BCUT2D eigenvalue weighted by molar-refractivity contribution is 6.32. The standard InChI is InChI=1S/C23H23ClF2N4O7/c1-2-3-36-30-21(32)10-4-13(25)11(14(26)5-10)7-35-22-12(24)6-15-20(28-22)29-23(27-15)37-17-9-34-18-16(31)8-33-19(17)18/h4-6,16-19,31H,2-3,7-9H2,1H3,(H,30,32)(H,27,28,29)/t16-,17-,18?,19-/m1/s1. The molecule has 37 heavy (non-hydrogen) atoms. The van der Waals surface area contributed by atoms with E-state index in [1.165, 1.54) is 6.07 Å². The Morgan fingerprint density at radius 3 is 2.73 bits per heavy atom. The SMILES string of the molecule is CCCONC(=O)c1cc(F)c(COc2nc3nc(O[C@@H]4COC5[C@H](O)CO[C@@H]54)[nH]c3cc2Cl)c(F)c1. The van der Waals surface area contributed by atoms with Crippen LogP contribution >= 0.6 is 11.6 Å². The lowest BCUT2D eigenvalue weighted by Gasteiger charge is -2.15. The van der Waals surface area contributed by atoms with Gasteiger partial charge in [-0.3, -0.25) is 9.63 Å². The van der Waals surface area contributed by atoms with Gasteiger partial charge in [-0.25, -0.2) is 14.3 Å². The van der Waals surface area contributed by atoms with Gasteiger partial charge in [-0.2, -0.15) is 9.97 Å². The van der Waals surface area contributed by atoms with Crippen LogP contribution in [0.25, 0.3) is 11.2 Å². The van der Waals surface area contributed by atoms with Crippen LogP contribution in [0.4, 0.5) is 8.78 Å². The number of fused-ring (bicyclic) bond motifs is 2. The Bertz CT molecular complexity index is 1290. The minimum Gasteiger partial charge on any atom is -0.471 e. The minimum absolute atomic E-state index is 0.0686. The smallest absolute Gasteiger partial charge is 0.296 e. The number of rotatable bonds is 9. The monoisotopic (exact) mass is 540 g/mol. The fourth-order valence-corrected chi connectivity index (χ4v) is 4.22. The van der Waals surface area contributed by atoms with E-state index in [4.69, 9.17) is 35.4 Å². The highest BCUT2D eigenvalue weighted by Crippen LogP contribution is 2.31. The summed E-state index contributed by atoms with van der Waals surface area (Å²) in [7, 11) is 0. The zero-order chi connectivity index (χ0) is 26.1. The van der Waals surface area contributed by atoms with Crippen molar-refractivity contribution in [1.82, 2.24) is 20.4 Å². The van der Waals surface area contributed by atoms with Crippen LogP contribution in [0, 0.1) is 11.6 Å². The average molecular weight is 541 g/mol. The molecule has 198 valence electrons. The number of carbonyl (C=O) groups is 1. The van der Waals surface area contributed by atoms with Crippen molar-refractivity contribution < 1.29 is 42.5 Å². The Kier molecular flexibility index (Phi) is 7.40. The van der Waals surface area contributed by atoms with Crippen LogP contribution in [-0.4, -0.2) is 70.2 Å². The van der Waals surface area contributed by atoms with Crippen molar-refractivity contribution in [2.75, 3.05) is 19.8 Å². The molecule has 5 rings (SSSR count). The number of hydroxylamine groups is 1. The Labute approximate surface area is 213 Å². The van der Waals surface area contributed by atoms with Gasteiger partial charge in [0.25, 0.3) is 11.9 Å². The van der Waals surface area contributed by atoms with E-state index in [0.717, 1.165) is 12.1 Å². The van der Waals surface area contributed by atoms with E-state index in [9.17, 15) is 18.7 Å². The van der Waals surface area contributed by atoms with Gasteiger partial charge in [0.15, 0.2) is 11.8 Å². The molecule has 2 aromatic heterocycles. The second-order valence-electron chi connectivity index (χ2n) is 8.49. The molecular weight excluding hydrogens is 518 g/mol. The summed E-state index contributed by atoms with van der Waals surface area (Å²) < 4.78 is 51.5. The van der Waals surface area contributed by atoms with Gasteiger partial charge in [0.05, 0.1) is 30.9 Å².